The highest BCUT2D eigenvalue weighted by atomic mass is 16.5. The van der Waals surface area contributed by atoms with E-state index in [1.165, 1.54) is 14.0 Å². The zero-order chi connectivity index (χ0) is 11.3. The van der Waals surface area contributed by atoms with Crippen LogP contribution >= 0.6 is 0 Å². The molecule has 3 nitrogen and oxygen atoms in total. The van der Waals surface area contributed by atoms with Gasteiger partial charge in [-0.25, -0.2) is 0 Å². The summed E-state index contributed by atoms with van der Waals surface area (Å²) in [7, 11) is 1.53. The average molecular weight is 208 g/mol. The third kappa shape index (κ3) is 3.06. The normalized spacial score (nSPS) is 12.2. The van der Waals surface area contributed by atoms with Gasteiger partial charge in [0.15, 0.2) is 5.78 Å². The van der Waals surface area contributed by atoms with Gasteiger partial charge < -0.3 is 9.47 Å². The summed E-state index contributed by atoms with van der Waals surface area (Å²) in [4.78, 5) is 11.3. The molecule has 0 aliphatic heterocycles. The summed E-state index contributed by atoms with van der Waals surface area (Å²) in [5.41, 5.74) is 0.830. The molecule has 0 radical (unpaired) electrons. The smallest absolute Gasteiger partial charge is 0.163 e. The summed E-state index contributed by atoms with van der Waals surface area (Å²) in [6, 6.07) is 7.41. The van der Waals surface area contributed by atoms with Gasteiger partial charge in [-0.15, -0.1) is 0 Å². The van der Waals surface area contributed by atoms with E-state index >= 15 is 0 Å². The van der Waals surface area contributed by atoms with Gasteiger partial charge in [0.2, 0.25) is 0 Å². The van der Waals surface area contributed by atoms with Gasteiger partial charge in [0.05, 0.1) is 6.61 Å². The number of benzene rings is 1. The molecule has 1 unspecified atom stereocenters. The van der Waals surface area contributed by atoms with Crippen molar-refractivity contribution in [1.82, 2.24) is 0 Å². The Labute approximate surface area is 90.0 Å². The summed E-state index contributed by atoms with van der Waals surface area (Å²) < 4.78 is 10.5. The molecule has 0 saturated heterocycles. The number of Topliss-reactive ketones (excluding diaryl/α,β-unsaturated/α-hetero) is 1. The highest BCUT2D eigenvalue weighted by molar-refractivity contribution is 5.82. The highest BCUT2D eigenvalue weighted by Crippen LogP contribution is 2.22. The molecule has 82 valence electrons. The molecular weight excluding hydrogens is 192 g/mol. The average Bonchev–Trinajstić information content (AvgIpc) is 2.19. The lowest BCUT2D eigenvalue weighted by molar-refractivity contribution is -0.126. The molecule has 0 fully saturated rings. The van der Waals surface area contributed by atoms with Crippen LogP contribution in [0.15, 0.2) is 24.3 Å². The van der Waals surface area contributed by atoms with Crippen LogP contribution in [0.25, 0.3) is 0 Å². The summed E-state index contributed by atoms with van der Waals surface area (Å²) in [6.45, 7) is 4.05. The minimum atomic E-state index is -0.495. The Bertz CT molecular complexity index is 333. The number of carbonyl (C=O) groups excluding carboxylic acids is 1. The van der Waals surface area contributed by atoms with Crippen LogP contribution in [0.3, 0.4) is 0 Å². The third-order valence-corrected chi connectivity index (χ3v) is 2.08. The number of carbonyl (C=O) groups is 1. The molecule has 3 heteroatoms. The molecule has 0 bridgehead atoms. The molecule has 1 aromatic rings. The lowest BCUT2D eigenvalue weighted by Crippen LogP contribution is -2.10. The standard InChI is InChI=1S/C12H16O3/c1-4-15-11-7-5-6-10(8-11)12(14-3)9(2)13/h5-8,12H,4H2,1-3H3. The number of ether oxygens (including phenoxy) is 2. The summed E-state index contributed by atoms with van der Waals surface area (Å²) in [6.07, 6.45) is -0.495. The molecule has 1 aromatic carbocycles. The van der Waals surface area contributed by atoms with Crippen molar-refractivity contribution in [2.75, 3.05) is 13.7 Å². The topological polar surface area (TPSA) is 35.5 Å². The van der Waals surface area contributed by atoms with E-state index in [1.807, 2.05) is 31.2 Å². The van der Waals surface area contributed by atoms with Gasteiger partial charge in [-0.05, 0) is 31.5 Å². The summed E-state index contributed by atoms with van der Waals surface area (Å²) in [5.74, 6) is 0.754. The third-order valence-electron chi connectivity index (χ3n) is 2.08. The van der Waals surface area contributed by atoms with Crippen LogP contribution in [0, 0.1) is 0 Å². The zero-order valence-electron chi connectivity index (χ0n) is 9.32. The molecular formula is C12H16O3. The second-order valence-corrected chi connectivity index (χ2v) is 3.23. The van der Waals surface area contributed by atoms with Gasteiger partial charge >= 0.3 is 0 Å². The van der Waals surface area contributed by atoms with Crippen LogP contribution in [-0.2, 0) is 9.53 Å². The Balaban J connectivity index is 2.92. The molecule has 0 aliphatic rings. The van der Waals surface area contributed by atoms with Crippen molar-refractivity contribution in [3.8, 4) is 5.75 Å². The summed E-state index contributed by atoms with van der Waals surface area (Å²) >= 11 is 0. The van der Waals surface area contributed by atoms with Crippen LogP contribution in [-0.4, -0.2) is 19.5 Å². The molecule has 15 heavy (non-hydrogen) atoms. The monoisotopic (exact) mass is 208 g/mol. The first kappa shape index (κ1) is 11.7. The van der Waals surface area contributed by atoms with Gasteiger partial charge in [-0.3, -0.25) is 4.79 Å². The van der Waals surface area contributed by atoms with Gasteiger partial charge in [0, 0.05) is 7.11 Å². The Morgan fingerprint density at radius 3 is 2.73 bits per heavy atom. The van der Waals surface area contributed by atoms with Gasteiger partial charge in [0.25, 0.3) is 0 Å². The summed E-state index contributed by atoms with van der Waals surface area (Å²) in [5, 5.41) is 0. The van der Waals surface area contributed by atoms with Gasteiger partial charge in [-0.1, -0.05) is 12.1 Å². The minimum Gasteiger partial charge on any atom is -0.494 e. The minimum absolute atomic E-state index is 0.00820. The van der Waals surface area contributed by atoms with E-state index in [9.17, 15) is 4.79 Å². The van der Waals surface area contributed by atoms with Crippen molar-refractivity contribution in [2.24, 2.45) is 0 Å². The van der Waals surface area contributed by atoms with Crippen molar-refractivity contribution < 1.29 is 14.3 Å². The van der Waals surface area contributed by atoms with Crippen LogP contribution in [0.4, 0.5) is 0 Å². The maximum Gasteiger partial charge on any atom is 0.163 e. The molecule has 0 aromatic heterocycles. The van der Waals surface area contributed by atoms with Crippen molar-refractivity contribution in [2.45, 2.75) is 20.0 Å². The van der Waals surface area contributed by atoms with Crippen molar-refractivity contribution in [3.05, 3.63) is 29.8 Å². The molecule has 0 spiro atoms. The van der Waals surface area contributed by atoms with E-state index in [2.05, 4.69) is 0 Å². The number of rotatable bonds is 5. The molecule has 0 amide bonds. The van der Waals surface area contributed by atoms with Crippen molar-refractivity contribution in [1.29, 1.82) is 0 Å². The van der Waals surface area contributed by atoms with Gasteiger partial charge in [0.1, 0.15) is 11.9 Å². The first-order valence-corrected chi connectivity index (χ1v) is 4.95. The maximum atomic E-state index is 11.3. The Kier molecular flexibility index (Phi) is 4.31. The molecule has 0 N–H and O–H groups in total. The van der Waals surface area contributed by atoms with E-state index in [0.29, 0.717) is 6.61 Å². The quantitative estimate of drug-likeness (QED) is 0.745. The zero-order valence-corrected chi connectivity index (χ0v) is 9.32. The van der Waals surface area contributed by atoms with Crippen LogP contribution in [0.2, 0.25) is 0 Å². The maximum absolute atomic E-state index is 11.3. The lowest BCUT2D eigenvalue weighted by atomic mass is 10.1. The van der Waals surface area contributed by atoms with Crippen LogP contribution in [0.5, 0.6) is 5.75 Å². The Morgan fingerprint density at radius 2 is 2.20 bits per heavy atom. The number of hydrogen-bond acceptors (Lipinski definition) is 3. The van der Waals surface area contributed by atoms with Crippen molar-refractivity contribution >= 4 is 5.78 Å². The van der Waals surface area contributed by atoms with E-state index in [4.69, 9.17) is 9.47 Å². The fourth-order valence-electron chi connectivity index (χ4n) is 1.47. The Morgan fingerprint density at radius 1 is 1.47 bits per heavy atom. The fourth-order valence-corrected chi connectivity index (χ4v) is 1.47. The lowest BCUT2D eigenvalue weighted by Gasteiger charge is -2.13. The molecule has 0 saturated carbocycles. The largest absolute Gasteiger partial charge is 0.494 e. The van der Waals surface area contributed by atoms with Crippen LogP contribution in [0.1, 0.15) is 25.5 Å². The first-order valence-electron chi connectivity index (χ1n) is 4.95. The van der Waals surface area contributed by atoms with Crippen LogP contribution < -0.4 is 4.74 Å². The highest BCUT2D eigenvalue weighted by Gasteiger charge is 2.15. The molecule has 1 rings (SSSR count). The predicted molar refractivity (Wildman–Crippen MR) is 58.0 cm³/mol. The number of hydrogen-bond donors (Lipinski definition) is 0. The molecule has 1 atom stereocenters. The molecule has 0 aliphatic carbocycles. The predicted octanol–water partition coefficient (Wildman–Crippen LogP) is 2.36. The SMILES string of the molecule is CCOc1cccc(C(OC)C(C)=O)c1. The van der Waals surface area contributed by atoms with E-state index < -0.39 is 6.10 Å². The van der Waals surface area contributed by atoms with E-state index in [1.54, 1.807) is 0 Å². The van der Waals surface area contributed by atoms with E-state index in [-0.39, 0.29) is 5.78 Å². The first-order chi connectivity index (χ1) is 7.19. The number of methoxy groups -OCH3 is 1. The second-order valence-electron chi connectivity index (χ2n) is 3.23. The Hall–Kier alpha value is -1.35. The number of ketones is 1. The molecule has 0 heterocycles. The van der Waals surface area contributed by atoms with Crippen molar-refractivity contribution in [3.63, 3.8) is 0 Å². The second kappa shape index (κ2) is 5.51. The van der Waals surface area contributed by atoms with E-state index in [0.717, 1.165) is 11.3 Å². The van der Waals surface area contributed by atoms with Gasteiger partial charge in [-0.2, -0.15) is 0 Å². The fraction of sp³-hybridized carbons (Fsp3) is 0.417.